The van der Waals surface area contributed by atoms with E-state index < -0.39 is 0 Å². The lowest BCUT2D eigenvalue weighted by Gasteiger charge is -2.28. The largest absolute Gasteiger partial charge is 0.459 e. The maximum atomic E-state index is 13.3. The van der Waals surface area contributed by atoms with E-state index in [1.807, 2.05) is 59.5 Å². The van der Waals surface area contributed by atoms with Crippen LogP contribution in [0.15, 0.2) is 90.9 Å². The summed E-state index contributed by atoms with van der Waals surface area (Å²) in [6.45, 7) is 5.65. The van der Waals surface area contributed by atoms with Crippen molar-refractivity contribution in [3.63, 3.8) is 0 Å². The number of rotatable bonds is 13. The number of nitrogens with one attached hydrogen (secondary N) is 2. The number of nitrogens with two attached hydrogens (primary N) is 1. The van der Waals surface area contributed by atoms with Crippen LogP contribution in [0.4, 0.5) is 16.2 Å². The SMILES string of the molecule is Nc1ccccc1NC(=O)c1ccc(CN(CCCN2CCOCC2)C(=O)NCCC2=COC(Cc3ccccc3)O2)cc1. The van der Waals surface area contributed by atoms with Crippen molar-refractivity contribution in [1.29, 1.82) is 0 Å². The van der Waals surface area contributed by atoms with Crippen molar-refractivity contribution in [2.24, 2.45) is 0 Å². The Morgan fingerprint density at radius 2 is 1.68 bits per heavy atom. The summed E-state index contributed by atoms with van der Waals surface area (Å²) >= 11 is 0. The van der Waals surface area contributed by atoms with E-state index in [0.29, 0.717) is 49.4 Å². The third kappa shape index (κ3) is 9.23. The highest BCUT2D eigenvalue weighted by atomic mass is 16.7. The van der Waals surface area contributed by atoms with E-state index in [-0.39, 0.29) is 18.2 Å². The number of morpholine rings is 1. The minimum Gasteiger partial charge on any atom is -0.459 e. The number of carbonyl (C=O) groups excluding carboxylic acids is 2. The Bertz CT molecular complexity index is 1390. The molecule has 10 heteroatoms. The molecule has 0 radical (unpaired) electrons. The van der Waals surface area contributed by atoms with E-state index in [1.54, 1.807) is 30.5 Å². The lowest BCUT2D eigenvalue weighted by Crippen LogP contribution is -2.42. The average molecular weight is 600 g/mol. The minimum absolute atomic E-state index is 0.145. The van der Waals surface area contributed by atoms with Crippen LogP contribution in [0.2, 0.25) is 0 Å². The molecule has 10 nitrogen and oxygen atoms in total. The molecule has 44 heavy (non-hydrogen) atoms. The van der Waals surface area contributed by atoms with Crippen molar-refractivity contribution in [3.8, 4) is 0 Å². The number of urea groups is 1. The van der Waals surface area contributed by atoms with Gasteiger partial charge in [0.25, 0.3) is 5.91 Å². The van der Waals surface area contributed by atoms with Gasteiger partial charge in [0.15, 0.2) is 0 Å². The summed E-state index contributed by atoms with van der Waals surface area (Å²) in [4.78, 5) is 30.3. The van der Waals surface area contributed by atoms with E-state index >= 15 is 0 Å². The molecule has 0 aliphatic carbocycles. The van der Waals surface area contributed by atoms with Gasteiger partial charge >= 0.3 is 6.03 Å². The first-order valence-electron chi connectivity index (χ1n) is 15.2. The van der Waals surface area contributed by atoms with Gasteiger partial charge in [0, 0.05) is 57.7 Å². The van der Waals surface area contributed by atoms with E-state index in [1.165, 1.54) is 0 Å². The van der Waals surface area contributed by atoms with E-state index in [0.717, 1.165) is 56.2 Å². The third-order valence-electron chi connectivity index (χ3n) is 7.62. The van der Waals surface area contributed by atoms with Crippen molar-refractivity contribution < 1.29 is 23.8 Å². The van der Waals surface area contributed by atoms with Crippen molar-refractivity contribution in [2.45, 2.75) is 32.1 Å². The quantitative estimate of drug-likeness (QED) is 0.246. The maximum Gasteiger partial charge on any atom is 0.317 e. The molecule has 2 aliphatic rings. The van der Waals surface area contributed by atoms with E-state index in [2.05, 4.69) is 15.5 Å². The molecule has 232 valence electrons. The molecule has 2 heterocycles. The van der Waals surface area contributed by atoms with Crippen molar-refractivity contribution in [1.82, 2.24) is 15.1 Å². The zero-order valence-electron chi connectivity index (χ0n) is 25.0. The number of ether oxygens (including phenoxy) is 3. The molecule has 0 saturated carbocycles. The lowest BCUT2D eigenvalue weighted by atomic mass is 10.1. The zero-order valence-corrected chi connectivity index (χ0v) is 25.0. The van der Waals surface area contributed by atoms with Crippen LogP contribution in [-0.4, -0.2) is 74.0 Å². The number of hydrogen-bond donors (Lipinski definition) is 3. The van der Waals surface area contributed by atoms with Crippen LogP contribution in [0.1, 0.15) is 34.3 Å². The number of anilines is 2. The summed E-state index contributed by atoms with van der Waals surface area (Å²) in [7, 11) is 0. The Hall–Kier alpha value is -4.54. The molecule has 3 aromatic carbocycles. The standard InChI is InChI=1S/C34H41N5O5/c35-30-9-4-5-10-31(30)37-33(40)28-13-11-27(12-14-28)24-39(18-6-17-38-19-21-42-22-20-38)34(41)36-16-15-29-25-43-32(44-29)23-26-7-2-1-3-8-26/h1-5,7-14,25,32H,6,15-24,35H2,(H,36,41)(H,37,40). The zero-order chi connectivity index (χ0) is 30.6. The fourth-order valence-corrected chi connectivity index (χ4v) is 5.14. The molecule has 4 N–H and O–H groups in total. The van der Waals surface area contributed by atoms with Crippen LogP contribution in [-0.2, 0) is 27.2 Å². The summed E-state index contributed by atoms with van der Waals surface area (Å²) in [5.41, 5.74) is 9.62. The van der Waals surface area contributed by atoms with Crippen LogP contribution in [0.5, 0.6) is 0 Å². The third-order valence-corrected chi connectivity index (χ3v) is 7.62. The first-order valence-corrected chi connectivity index (χ1v) is 15.2. The van der Waals surface area contributed by atoms with Gasteiger partial charge in [-0.25, -0.2) is 4.79 Å². The molecule has 1 fully saturated rings. The Kier molecular flexibility index (Phi) is 11.1. The van der Waals surface area contributed by atoms with Crippen molar-refractivity contribution >= 4 is 23.3 Å². The van der Waals surface area contributed by atoms with Crippen molar-refractivity contribution in [3.05, 3.63) is 108 Å². The second kappa shape index (κ2) is 15.8. The van der Waals surface area contributed by atoms with Gasteiger partial charge in [-0.3, -0.25) is 9.69 Å². The summed E-state index contributed by atoms with van der Waals surface area (Å²) < 4.78 is 17.1. The fourth-order valence-electron chi connectivity index (χ4n) is 5.14. The minimum atomic E-state index is -0.352. The predicted molar refractivity (Wildman–Crippen MR) is 170 cm³/mol. The lowest BCUT2D eigenvalue weighted by molar-refractivity contribution is -0.0314. The molecular weight excluding hydrogens is 558 g/mol. The van der Waals surface area contributed by atoms with Gasteiger partial charge in [0.1, 0.15) is 12.0 Å². The number of carbonyl (C=O) groups is 2. The van der Waals surface area contributed by atoms with Crippen molar-refractivity contribution in [2.75, 3.05) is 57.0 Å². The Labute approximate surface area is 258 Å². The van der Waals surface area contributed by atoms with Crippen LogP contribution < -0.4 is 16.4 Å². The smallest absolute Gasteiger partial charge is 0.317 e. The van der Waals surface area contributed by atoms with Gasteiger partial charge in [-0.15, -0.1) is 0 Å². The Morgan fingerprint density at radius 1 is 0.932 bits per heavy atom. The molecular formula is C34H41N5O5. The van der Waals surface area contributed by atoms with Gasteiger partial charge in [0.2, 0.25) is 6.29 Å². The summed E-state index contributed by atoms with van der Waals surface area (Å²) in [6.07, 6.45) is 3.33. The topological polar surface area (TPSA) is 118 Å². The first-order chi connectivity index (χ1) is 21.5. The van der Waals surface area contributed by atoms with Gasteiger partial charge in [-0.2, -0.15) is 0 Å². The summed E-state index contributed by atoms with van der Waals surface area (Å²) in [5, 5.41) is 5.90. The maximum absolute atomic E-state index is 13.3. The average Bonchev–Trinajstić information content (AvgIpc) is 3.49. The molecule has 3 amide bonds. The summed E-state index contributed by atoms with van der Waals surface area (Å²) in [6, 6.07) is 24.4. The molecule has 2 aliphatic heterocycles. The second-order valence-electron chi connectivity index (χ2n) is 10.9. The molecule has 1 unspecified atom stereocenters. The molecule has 0 bridgehead atoms. The van der Waals surface area contributed by atoms with Gasteiger partial charge < -0.3 is 35.5 Å². The monoisotopic (exact) mass is 599 g/mol. The van der Waals surface area contributed by atoms with E-state index in [9.17, 15) is 9.59 Å². The van der Waals surface area contributed by atoms with Gasteiger partial charge in [-0.1, -0.05) is 54.6 Å². The number of benzene rings is 3. The predicted octanol–water partition coefficient (Wildman–Crippen LogP) is 4.60. The van der Waals surface area contributed by atoms with E-state index in [4.69, 9.17) is 19.9 Å². The first kappa shape index (κ1) is 30.9. The van der Waals surface area contributed by atoms with Gasteiger partial charge in [-0.05, 0) is 41.8 Å². The number of nitrogen functional groups attached to an aromatic ring is 1. The Morgan fingerprint density at radius 3 is 2.45 bits per heavy atom. The van der Waals surface area contributed by atoms with Crippen LogP contribution >= 0.6 is 0 Å². The Balaban J connectivity index is 1.13. The number of nitrogens with zero attached hydrogens (tertiary/aromatic N) is 2. The van der Waals surface area contributed by atoms with Gasteiger partial charge in [0.05, 0.1) is 24.6 Å². The number of para-hydroxylation sites is 2. The molecule has 3 aromatic rings. The van der Waals surface area contributed by atoms with Crippen LogP contribution in [0.25, 0.3) is 0 Å². The molecule has 0 aromatic heterocycles. The highest BCUT2D eigenvalue weighted by Gasteiger charge is 2.21. The highest BCUT2D eigenvalue weighted by Crippen LogP contribution is 2.21. The molecule has 5 rings (SSSR count). The second-order valence-corrected chi connectivity index (χ2v) is 10.9. The van der Waals surface area contributed by atoms with Crippen LogP contribution in [0.3, 0.4) is 0 Å². The summed E-state index contributed by atoms with van der Waals surface area (Å²) in [5.74, 6) is 0.476. The number of hydrogen-bond acceptors (Lipinski definition) is 7. The fraction of sp³-hybridized carbons (Fsp3) is 0.353. The van der Waals surface area contributed by atoms with Crippen LogP contribution in [0, 0.1) is 0 Å². The molecule has 1 saturated heterocycles. The molecule has 1 atom stereocenters. The number of amides is 3. The highest BCUT2D eigenvalue weighted by molar-refractivity contribution is 6.05. The normalized spacial score (nSPS) is 16.4. The molecule has 0 spiro atoms.